The lowest BCUT2D eigenvalue weighted by Crippen LogP contribution is -2.50. The van der Waals surface area contributed by atoms with Gasteiger partial charge in [0.1, 0.15) is 0 Å². The van der Waals surface area contributed by atoms with Crippen LogP contribution >= 0.6 is 0 Å². The molecule has 148 valence electrons. The van der Waals surface area contributed by atoms with E-state index in [-0.39, 0.29) is 23.5 Å². The molecule has 0 bridgehead atoms. The number of rotatable bonds is 8. The standard InChI is InChI=1S/C18H22FNO6S/c1-5-11(18(2,17(21)22)27(4,23)24)9-12-10-15(26-20-12)13-7-6-8-14(25-3)16(13)19/h6-8,10-11H,5,9H2,1-4H3,(H,21,22)/t11?,18-/m1/s1. The van der Waals surface area contributed by atoms with Crippen molar-refractivity contribution in [3.63, 3.8) is 0 Å². The molecule has 0 radical (unpaired) electrons. The molecule has 0 aliphatic rings. The number of ether oxygens (including phenoxy) is 1. The third kappa shape index (κ3) is 3.83. The van der Waals surface area contributed by atoms with E-state index in [2.05, 4.69) is 5.16 Å². The van der Waals surface area contributed by atoms with Crippen LogP contribution < -0.4 is 4.74 Å². The quantitative estimate of drug-likeness (QED) is 0.727. The van der Waals surface area contributed by atoms with Crippen molar-refractivity contribution in [3.05, 3.63) is 35.8 Å². The molecule has 1 N–H and O–H groups in total. The molecule has 0 aliphatic carbocycles. The van der Waals surface area contributed by atoms with Crippen LogP contribution in [0.4, 0.5) is 4.39 Å². The number of hydrogen-bond donors (Lipinski definition) is 1. The Labute approximate surface area is 157 Å². The van der Waals surface area contributed by atoms with Gasteiger partial charge < -0.3 is 14.4 Å². The van der Waals surface area contributed by atoms with Crippen molar-refractivity contribution >= 4 is 15.8 Å². The summed E-state index contributed by atoms with van der Waals surface area (Å²) in [6, 6.07) is 6.04. The summed E-state index contributed by atoms with van der Waals surface area (Å²) in [5, 5.41) is 13.4. The van der Waals surface area contributed by atoms with E-state index in [1.54, 1.807) is 13.0 Å². The van der Waals surface area contributed by atoms with E-state index in [4.69, 9.17) is 9.26 Å². The SMILES string of the molecule is CCC(Cc1cc(-c2cccc(OC)c2F)on1)[C@](C)(C(=O)O)S(C)(=O)=O. The minimum absolute atomic E-state index is 0.0485. The molecule has 9 heteroatoms. The van der Waals surface area contributed by atoms with Gasteiger partial charge in [0.25, 0.3) is 0 Å². The number of carboxylic acids is 1. The molecule has 1 aromatic heterocycles. The average molecular weight is 399 g/mol. The molecule has 1 heterocycles. The maximum atomic E-state index is 14.4. The van der Waals surface area contributed by atoms with Crippen LogP contribution in [-0.4, -0.2) is 42.8 Å². The van der Waals surface area contributed by atoms with Gasteiger partial charge in [-0.25, -0.2) is 12.8 Å². The predicted octanol–water partition coefficient (Wildman–Crippen LogP) is 2.95. The summed E-state index contributed by atoms with van der Waals surface area (Å²) in [5.74, 6) is -2.57. The Morgan fingerprint density at radius 3 is 2.63 bits per heavy atom. The van der Waals surface area contributed by atoms with Gasteiger partial charge in [-0.05, 0) is 31.4 Å². The lowest BCUT2D eigenvalue weighted by molar-refractivity contribution is -0.141. The van der Waals surface area contributed by atoms with Crippen molar-refractivity contribution in [1.29, 1.82) is 0 Å². The Morgan fingerprint density at radius 2 is 2.11 bits per heavy atom. The number of nitrogens with zero attached hydrogens (tertiary/aromatic N) is 1. The van der Waals surface area contributed by atoms with E-state index >= 15 is 0 Å². The van der Waals surface area contributed by atoms with Crippen molar-refractivity contribution in [2.24, 2.45) is 5.92 Å². The van der Waals surface area contributed by atoms with Crippen molar-refractivity contribution in [3.8, 4) is 17.1 Å². The van der Waals surface area contributed by atoms with Crippen LogP contribution in [0, 0.1) is 11.7 Å². The fraction of sp³-hybridized carbons (Fsp3) is 0.444. The Kier molecular flexibility index (Phi) is 5.94. The van der Waals surface area contributed by atoms with E-state index in [9.17, 15) is 22.7 Å². The monoisotopic (exact) mass is 399 g/mol. The smallest absolute Gasteiger partial charge is 0.325 e. The van der Waals surface area contributed by atoms with Gasteiger partial charge in [0.2, 0.25) is 0 Å². The summed E-state index contributed by atoms with van der Waals surface area (Å²) in [6.07, 6.45) is 1.26. The molecule has 7 nitrogen and oxygen atoms in total. The Bertz CT molecular complexity index is 939. The highest BCUT2D eigenvalue weighted by molar-refractivity contribution is 7.92. The second kappa shape index (κ2) is 7.67. The number of benzene rings is 1. The minimum Gasteiger partial charge on any atom is -0.494 e. The maximum Gasteiger partial charge on any atom is 0.325 e. The van der Waals surface area contributed by atoms with Gasteiger partial charge in [-0.1, -0.05) is 24.6 Å². The highest BCUT2D eigenvalue weighted by Crippen LogP contribution is 2.34. The molecule has 1 unspecified atom stereocenters. The first-order valence-electron chi connectivity index (χ1n) is 8.27. The Hall–Kier alpha value is -2.42. The predicted molar refractivity (Wildman–Crippen MR) is 96.8 cm³/mol. The molecule has 0 aliphatic heterocycles. The number of halogens is 1. The van der Waals surface area contributed by atoms with E-state index in [0.717, 1.165) is 6.26 Å². The van der Waals surface area contributed by atoms with Crippen LogP contribution in [0.5, 0.6) is 5.75 Å². The molecular weight excluding hydrogens is 377 g/mol. The fourth-order valence-corrected chi connectivity index (χ4v) is 4.18. The van der Waals surface area contributed by atoms with Gasteiger partial charge in [0.05, 0.1) is 18.4 Å². The summed E-state index contributed by atoms with van der Waals surface area (Å²) < 4.78 is 46.8. The highest BCUT2D eigenvalue weighted by atomic mass is 32.2. The molecule has 2 atom stereocenters. The molecule has 0 saturated heterocycles. The first-order chi connectivity index (χ1) is 12.6. The normalized spacial score (nSPS) is 15.1. The number of aliphatic carboxylic acids is 1. The van der Waals surface area contributed by atoms with Crippen molar-refractivity contribution in [1.82, 2.24) is 5.16 Å². The van der Waals surface area contributed by atoms with Crippen molar-refractivity contribution in [2.75, 3.05) is 13.4 Å². The Morgan fingerprint density at radius 1 is 1.44 bits per heavy atom. The van der Waals surface area contributed by atoms with Gasteiger partial charge in [-0.3, -0.25) is 4.79 Å². The number of sulfone groups is 1. The summed E-state index contributed by atoms with van der Waals surface area (Å²) in [4.78, 5) is 11.7. The third-order valence-corrected chi connectivity index (χ3v) is 6.98. The summed E-state index contributed by atoms with van der Waals surface area (Å²) >= 11 is 0. The largest absolute Gasteiger partial charge is 0.494 e. The zero-order chi connectivity index (χ0) is 20.4. The summed E-state index contributed by atoms with van der Waals surface area (Å²) in [7, 11) is -2.55. The maximum absolute atomic E-state index is 14.4. The summed E-state index contributed by atoms with van der Waals surface area (Å²) in [5.41, 5.74) is 0.487. The molecule has 2 aromatic rings. The molecule has 0 saturated carbocycles. The van der Waals surface area contributed by atoms with E-state index in [1.807, 2.05) is 0 Å². The van der Waals surface area contributed by atoms with E-state index in [1.165, 1.54) is 32.2 Å². The van der Waals surface area contributed by atoms with Crippen LogP contribution in [0.1, 0.15) is 26.0 Å². The molecule has 0 fully saturated rings. The van der Waals surface area contributed by atoms with Crippen LogP contribution in [-0.2, 0) is 21.1 Å². The number of carbonyl (C=O) groups is 1. The second-order valence-corrected chi connectivity index (χ2v) is 8.89. The lowest BCUT2D eigenvalue weighted by Gasteiger charge is -2.31. The topological polar surface area (TPSA) is 107 Å². The Balaban J connectivity index is 2.38. The average Bonchev–Trinajstić information content (AvgIpc) is 3.06. The second-order valence-electron chi connectivity index (χ2n) is 6.50. The highest BCUT2D eigenvalue weighted by Gasteiger charge is 2.49. The molecule has 1 aromatic carbocycles. The van der Waals surface area contributed by atoms with Gasteiger partial charge in [-0.2, -0.15) is 0 Å². The number of methoxy groups -OCH3 is 1. The fourth-order valence-electron chi connectivity index (χ4n) is 3.01. The molecule has 0 amide bonds. The van der Waals surface area contributed by atoms with Crippen LogP contribution in [0.3, 0.4) is 0 Å². The van der Waals surface area contributed by atoms with Crippen LogP contribution in [0.25, 0.3) is 11.3 Å². The van der Waals surface area contributed by atoms with Crippen molar-refractivity contribution < 1.29 is 32.0 Å². The molecular formula is C18H22FNO6S. The molecule has 2 rings (SSSR count). The molecule has 27 heavy (non-hydrogen) atoms. The van der Waals surface area contributed by atoms with Crippen LogP contribution in [0.15, 0.2) is 28.8 Å². The number of carboxylic acid groups (broad SMARTS) is 1. The molecule has 0 spiro atoms. The third-order valence-electron chi connectivity index (χ3n) is 4.93. The van der Waals surface area contributed by atoms with Gasteiger partial charge in [0, 0.05) is 12.3 Å². The lowest BCUT2D eigenvalue weighted by atomic mass is 9.86. The van der Waals surface area contributed by atoms with E-state index in [0.29, 0.717) is 12.1 Å². The minimum atomic E-state index is -3.89. The first kappa shape index (κ1) is 20.9. The zero-order valence-electron chi connectivity index (χ0n) is 15.5. The van der Waals surface area contributed by atoms with Gasteiger partial charge in [-0.15, -0.1) is 0 Å². The first-order valence-corrected chi connectivity index (χ1v) is 10.2. The number of aromatic nitrogens is 1. The van der Waals surface area contributed by atoms with E-state index < -0.39 is 32.3 Å². The van der Waals surface area contributed by atoms with Gasteiger partial charge >= 0.3 is 5.97 Å². The van der Waals surface area contributed by atoms with Crippen molar-refractivity contribution in [2.45, 2.75) is 31.4 Å². The zero-order valence-corrected chi connectivity index (χ0v) is 16.3. The summed E-state index contributed by atoms with van der Waals surface area (Å²) in [6.45, 7) is 2.90. The number of hydrogen-bond acceptors (Lipinski definition) is 6. The van der Waals surface area contributed by atoms with Crippen LogP contribution in [0.2, 0.25) is 0 Å². The van der Waals surface area contributed by atoms with Gasteiger partial charge in [0.15, 0.2) is 31.9 Å².